The Hall–Kier alpha value is -1.95. The van der Waals surface area contributed by atoms with E-state index in [1.54, 1.807) is 18.3 Å². The zero-order chi connectivity index (χ0) is 14.2. The number of amides is 1. The monoisotopic (exact) mass is 290 g/mol. The van der Waals surface area contributed by atoms with Crippen LogP contribution in [-0.4, -0.2) is 36.9 Å². The van der Waals surface area contributed by atoms with Gasteiger partial charge in [0.1, 0.15) is 0 Å². The van der Waals surface area contributed by atoms with Gasteiger partial charge in [-0.15, -0.1) is 0 Å². The van der Waals surface area contributed by atoms with Gasteiger partial charge in [0.05, 0.1) is 22.6 Å². The Bertz CT molecular complexity index is 766. The normalized spacial score (nSPS) is 20.9. The molecule has 0 radical (unpaired) electrons. The molecule has 2 heterocycles. The van der Waals surface area contributed by atoms with Crippen LogP contribution >= 0.6 is 0 Å². The molecular weight excluding hydrogens is 276 g/mol. The summed E-state index contributed by atoms with van der Waals surface area (Å²) in [4.78, 5) is 16.5. The minimum absolute atomic E-state index is 0.0247. The van der Waals surface area contributed by atoms with E-state index in [0.717, 1.165) is 5.39 Å². The topological polar surface area (TPSA) is 76.1 Å². The molecule has 1 N–H and O–H groups in total. The highest BCUT2D eigenvalue weighted by atomic mass is 32.2. The Labute approximate surface area is 116 Å². The number of hydrogen-bond donors (Lipinski definition) is 1. The van der Waals surface area contributed by atoms with Crippen LogP contribution in [0.25, 0.3) is 10.9 Å². The highest BCUT2D eigenvalue weighted by molar-refractivity contribution is 7.91. The van der Waals surface area contributed by atoms with Crippen LogP contribution in [0, 0.1) is 0 Å². The van der Waals surface area contributed by atoms with Crippen molar-refractivity contribution in [2.45, 2.75) is 12.5 Å². The molecule has 5 nitrogen and oxygen atoms in total. The zero-order valence-corrected chi connectivity index (χ0v) is 11.6. The van der Waals surface area contributed by atoms with E-state index < -0.39 is 9.84 Å². The summed E-state index contributed by atoms with van der Waals surface area (Å²) in [5, 5.41) is 3.67. The van der Waals surface area contributed by atoms with Crippen LogP contribution in [0.2, 0.25) is 0 Å². The average molecular weight is 290 g/mol. The number of pyridine rings is 1. The number of aromatic nitrogens is 1. The second kappa shape index (κ2) is 4.86. The Morgan fingerprint density at radius 3 is 2.80 bits per heavy atom. The minimum Gasteiger partial charge on any atom is -0.348 e. The Kier molecular flexibility index (Phi) is 3.17. The number of carbonyl (C=O) groups is 1. The van der Waals surface area contributed by atoms with Crippen LogP contribution in [0.15, 0.2) is 36.5 Å². The van der Waals surface area contributed by atoms with Crippen molar-refractivity contribution in [3.8, 4) is 0 Å². The van der Waals surface area contributed by atoms with Crippen LogP contribution in [-0.2, 0) is 9.84 Å². The number of benzene rings is 1. The van der Waals surface area contributed by atoms with E-state index in [2.05, 4.69) is 10.3 Å². The smallest absolute Gasteiger partial charge is 0.253 e. The largest absolute Gasteiger partial charge is 0.348 e. The summed E-state index contributed by atoms with van der Waals surface area (Å²) < 4.78 is 22.8. The molecular formula is C14H14N2O3S. The molecule has 2 aromatic rings. The maximum Gasteiger partial charge on any atom is 0.253 e. The molecule has 1 amide bonds. The van der Waals surface area contributed by atoms with Crippen molar-refractivity contribution in [3.63, 3.8) is 0 Å². The van der Waals surface area contributed by atoms with Gasteiger partial charge >= 0.3 is 0 Å². The molecule has 104 valence electrons. The third-order valence-corrected chi connectivity index (χ3v) is 5.21. The molecule has 0 spiro atoms. The summed E-state index contributed by atoms with van der Waals surface area (Å²) in [6.07, 6.45) is 2.12. The maximum absolute atomic E-state index is 12.3. The summed E-state index contributed by atoms with van der Waals surface area (Å²) in [6, 6.07) is 8.79. The van der Waals surface area contributed by atoms with Gasteiger partial charge < -0.3 is 5.32 Å². The fraction of sp³-hybridized carbons (Fsp3) is 0.286. The molecule has 20 heavy (non-hydrogen) atoms. The van der Waals surface area contributed by atoms with Crippen molar-refractivity contribution >= 4 is 26.6 Å². The molecule has 0 saturated carbocycles. The lowest BCUT2D eigenvalue weighted by molar-refractivity contribution is 0.0942. The molecule has 0 bridgehead atoms. The zero-order valence-electron chi connectivity index (χ0n) is 10.7. The summed E-state index contributed by atoms with van der Waals surface area (Å²) in [5.74, 6) is -0.0979. The van der Waals surface area contributed by atoms with E-state index in [0.29, 0.717) is 17.5 Å². The van der Waals surface area contributed by atoms with Crippen molar-refractivity contribution in [2.75, 3.05) is 11.5 Å². The maximum atomic E-state index is 12.3. The molecule has 1 unspecified atom stereocenters. The molecule has 1 aromatic carbocycles. The number of hydrogen-bond acceptors (Lipinski definition) is 4. The fourth-order valence-corrected chi connectivity index (χ4v) is 4.13. The Morgan fingerprint density at radius 2 is 2.05 bits per heavy atom. The summed E-state index contributed by atoms with van der Waals surface area (Å²) in [6.45, 7) is 0. The molecule has 1 saturated heterocycles. The summed E-state index contributed by atoms with van der Waals surface area (Å²) >= 11 is 0. The first kappa shape index (κ1) is 13.1. The van der Waals surface area contributed by atoms with Crippen LogP contribution in [0.4, 0.5) is 0 Å². The Morgan fingerprint density at radius 1 is 1.25 bits per heavy atom. The van der Waals surface area contributed by atoms with Gasteiger partial charge in [0.2, 0.25) is 0 Å². The SMILES string of the molecule is O=C(NC1CCS(=O)(=O)C1)c1cccc2cccnc12. The average Bonchev–Trinajstić information content (AvgIpc) is 2.77. The molecule has 1 aromatic heterocycles. The number of nitrogens with zero attached hydrogens (tertiary/aromatic N) is 1. The second-order valence-electron chi connectivity index (χ2n) is 4.95. The van der Waals surface area contributed by atoms with E-state index >= 15 is 0 Å². The van der Waals surface area contributed by atoms with E-state index in [1.807, 2.05) is 18.2 Å². The van der Waals surface area contributed by atoms with Crippen LogP contribution in [0.3, 0.4) is 0 Å². The van der Waals surface area contributed by atoms with Crippen molar-refractivity contribution in [1.82, 2.24) is 10.3 Å². The molecule has 6 heteroatoms. The lowest BCUT2D eigenvalue weighted by Gasteiger charge is -2.11. The summed E-state index contributed by atoms with van der Waals surface area (Å²) in [7, 11) is -3.00. The van der Waals surface area contributed by atoms with E-state index in [1.165, 1.54) is 0 Å². The number of rotatable bonds is 2. The van der Waals surface area contributed by atoms with Gasteiger partial charge in [-0.2, -0.15) is 0 Å². The number of nitrogens with one attached hydrogen (secondary N) is 1. The van der Waals surface area contributed by atoms with E-state index in [4.69, 9.17) is 0 Å². The van der Waals surface area contributed by atoms with Crippen LogP contribution in [0.5, 0.6) is 0 Å². The molecule has 1 atom stereocenters. The standard InChI is InChI=1S/C14H14N2O3S/c17-14(16-11-6-8-20(18,19)9-11)12-5-1-3-10-4-2-7-15-13(10)12/h1-5,7,11H,6,8-9H2,(H,16,17). The lowest BCUT2D eigenvalue weighted by atomic mass is 10.1. The molecule has 1 aliphatic heterocycles. The fourth-order valence-electron chi connectivity index (χ4n) is 2.46. The van der Waals surface area contributed by atoms with Gasteiger partial charge in [-0.05, 0) is 18.6 Å². The van der Waals surface area contributed by atoms with E-state index in [9.17, 15) is 13.2 Å². The molecule has 1 aliphatic rings. The predicted octanol–water partition coefficient (Wildman–Crippen LogP) is 1.15. The van der Waals surface area contributed by atoms with Crippen molar-refractivity contribution in [1.29, 1.82) is 0 Å². The van der Waals surface area contributed by atoms with Gasteiger partial charge in [0.15, 0.2) is 9.84 Å². The van der Waals surface area contributed by atoms with E-state index in [-0.39, 0.29) is 23.5 Å². The van der Waals surface area contributed by atoms with Crippen molar-refractivity contribution in [3.05, 3.63) is 42.1 Å². The minimum atomic E-state index is -3.00. The van der Waals surface area contributed by atoms with Gasteiger partial charge in [-0.1, -0.05) is 18.2 Å². The third-order valence-electron chi connectivity index (χ3n) is 3.44. The van der Waals surface area contributed by atoms with Gasteiger partial charge in [-0.25, -0.2) is 8.42 Å². The number of para-hydroxylation sites is 1. The highest BCUT2D eigenvalue weighted by Gasteiger charge is 2.29. The highest BCUT2D eigenvalue weighted by Crippen LogP contribution is 2.17. The van der Waals surface area contributed by atoms with Crippen LogP contribution < -0.4 is 5.32 Å². The molecule has 1 fully saturated rings. The molecule has 0 aliphatic carbocycles. The Balaban J connectivity index is 1.86. The second-order valence-corrected chi connectivity index (χ2v) is 7.18. The first-order chi connectivity index (χ1) is 9.55. The number of fused-ring (bicyclic) bond motifs is 1. The summed E-state index contributed by atoms with van der Waals surface area (Å²) in [5.41, 5.74) is 1.11. The predicted molar refractivity (Wildman–Crippen MR) is 76.3 cm³/mol. The van der Waals surface area contributed by atoms with Gasteiger partial charge in [0, 0.05) is 17.6 Å². The number of carbonyl (C=O) groups excluding carboxylic acids is 1. The first-order valence-electron chi connectivity index (χ1n) is 6.40. The lowest BCUT2D eigenvalue weighted by Crippen LogP contribution is -2.35. The molecule has 3 rings (SSSR count). The number of sulfone groups is 1. The van der Waals surface area contributed by atoms with Crippen LogP contribution in [0.1, 0.15) is 16.8 Å². The van der Waals surface area contributed by atoms with Gasteiger partial charge in [0.25, 0.3) is 5.91 Å². The third kappa shape index (κ3) is 2.51. The van der Waals surface area contributed by atoms with Gasteiger partial charge in [-0.3, -0.25) is 9.78 Å². The quantitative estimate of drug-likeness (QED) is 0.900. The van der Waals surface area contributed by atoms with Crippen molar-refractivity contribution in [2.24, 2.45) is 0 Å². The first-order valence-corrected chi connectivity index (χ1v) is 8.22. The van der Waals surface area contributed by atoms with Crippen molar-refractivity contribution < 1.29 is 13.2 Å².